The van der Waals surface area contributed by atoms with E-state index in [1.165, 1.54) is 0 Å². The Morgan fingerprint density at radius 1 is 1.35 bits per heavy atom. The highest BCUT2D eigenvalue weighted by Crippen LogP contribution is 2.29. The Morgan fingerprint density at radius 3 is 2.65 bits per heavy atom. The highest BCUT2D eigenvalue weighted by molar-refractivity contribution is 6.31. The van der Waals surface area contributed by atoms with Gasteiger partial charge in [-0.05, 0) is 43.9 Å². The van der Waals surface area contributed by atoms with E-state index in [2.05, 4.69) is 20.8 Å². The summed E-state index contributed by atoms with van der Waals surface area (Å²) in [5.74, 6) is 0.903. The van der Waals surface area contributed by atoms with Crippen molar-refractivity contribution < 1.29 is 9.32 Å². The van der Waals surface area contributed by atoms with Gasteiger partial charge in [0.25, 0.3) is 0 Å². The average molecular weight is 337 g/mol. The highest BCUT2D eigenvalue weighted by Gasteiger charge is 2.18. The van der Waals surface area contributed by atoms with Gasteiger partial charge in [-0.3, -0.25) is 0 Å². The van der Waals surface area contributed by atoms with E-state index in [1.54, 1.807) is 13.8 Å². The van der Waals surface area contributed by atoms with Crippen molar-refractivity contribution in [3.05, 3.63) is 40.0 Å². The van der Waals surface area contributed by atoms with Crippen molar-refractivity contribution in [2.75, 3.05) is 5.32 Å². The summed E-state index contributed by atoms with van der Waals surface area (Å²) in [5, 5.41) is 10.1. The van der Waals surface area contributed by atoms with E-state index in [1.807, 2.05) is 26.0 Å². The molecule has 1 heterocycles. The number of amides is 2. The zero-order valence-corrected chi connectivity index (χ0v) is 14.5. The van der Waals surface area contributed by atoms with Gasteiger partial charge in [0.1, 0.15) is 6.04 Å². The van der Waals surface area contributed by atoms with E-state index in [0.29, 0.717) is 16.7 Å². The number of carbonyl (C=O) groups excluding carboxylic acids is 1. The van der Waals surface area contributed by atoms with Crippen molar-refractivity contribution in [2.45, 2.75) is 46.6 Å². The van der Waals surface area contributed by atoms with Gasteiger partial charge in [-0.25, -0.2) is 4.79 Å². The molecule has 0 radical (unpaired) electrons. The third-order valence-electron chi connectivity index (χ3n) is 3.58. The zero-order valence-electron chi connectivity index (χ0n) is 13.7. The lowest BCUT2D eigenvalue weighted by Gasteiger charge is -2.17. The molecule has 2 rings (SSSR count). The Bertz CT molecular complexity index is 699. The summed E-state index contributed by atoms with van der Waals surface area (Å²) >= 11 is 6.24. The minimum absolute atomic E-state index is 0.333. The maximum absolute atomic E-state index is 12.3. The summed E-state index contributed by atoms with van der Waals surface area (Å²) in [6, 6.07) is 3.08. The van der Waals surface area contributed by atoms with Crippen molar-refractivity contribution >= 4 is 23.3 Å². The Balaban J connectivity index is 2.15. The molecule has 2 aromatic rings. The van der Waals surface area contributed by atoms with Crippen molar-refractivity contribution in [1.29, 1.82) is 0 Å². The van der Waals surface area contributed by atoms with Gasteiger partial charge >= 0.3 is 6.03 Å². The van der Waals surface area contributed by atoms with Gasteiger partial charge in [0.2, 0.25) is 5.89 Å². The molecule has 0 bridgehead atoms. The van der Waals surface area contributed by atoms with Crippen molar-refractivity contribution in [1.82, 2.24) is 15.5 Å². The number of urea groups is 1. The van der Waals surface area contributed by atoms with Crippen LogP contribution in [0.1, 0.15) is 49.7 Å². The second-order valence-corrected chi connectivity index (χ2v) is 5.67. The first-order valence-electron chi connectivity index (χ1n) is 7.64. The number of aryl methyl sites for hydroxylation is 2. The molecule has 1 atom stereocenters. The quantitative estimate of drug-likeness (QED) is 0.863. The number of benzene rings is 1. The number of hydrogen-bond donors (Lipinski definition) is 2. The molecule has 23 heavy (non-hydrogen) atoms. The van der Waals surface area contributed by atoms with Gasteiger partial charge in [0, 0.05) is 5.02 Å². The van der Waals surface area contributed by atoms with Gasteiger partial charge in [0.05, 0.1) is 5.69 Å². The Hall–Kier alpha value is -2.08. The van der Waals surface area contributed by atoms with Crippen LogP contribution in [-0.4, -0.2) is 16.2 Å². The summed E-state index contributed by atoms with van der Waals surface area (Å²) in [7, 11) is 0. The molecule has 0 saturated heterocycles. The lowest BCUT2D eigenvalue weighted by atomic mass is 10.0. The first kappa shape index (κ1) is 17.3. The molecule has 0 aliphatic rings. The number of rotatable bonds is 5. The van der Waals surface area contributed by atoms with Crippen LogP contribution in [0.4, 0.5) is 10.5 Å². The number of nitrogens with zero attached hydrogens (tertiary/aromatic N) is 2. The number of carbonyl (C=O) groups is 1. The smallest absolute Gasteiger partial charge is 0.319 e. The Kier molecular flexibility index (Phi) is 5.60. The van der Waals surface area contributed by atoms with Gasteiger partial charge in [-0.2, -0.15) is 4.98 Å². The van der Waals surface area contributed by atoms with Crippen LogP contribution in [0, 0.1) is 6.92 Å². The standard InChI is InChI=1S/C16H21ClN4O2/c1-5-11-7-8-13(17)12(6-2)14(11)20-16(22)18-9(3)15-19-10(4)21-23-15/h7-9H,5-6H2,1-4H3,(H2,18,20,22). The molecule has 2 amide bonds. The minimum Gasteiger partial charge on any atom is -0.337 e. The topological polar surface area (TPSA) is 80.0 Å². The van der Waals surface area contributed by atoms with Crippen LogP contribution in [0.5, 0.6) is 0 Å². The van der Waals surface area contributed by atoms with Crippen molar-refractivity contribution in [2.24, 2.45) is 0 Å². The number of anilines is 1. The molecule has 0 spiro atoms. The lowest BCUT2D eigenvalue weighted by molar-refractivity contribution is 0.245. The van der Waals surface area contributed by atoms with Crippen LogP contribution in [0.3, 0.4) is 0 Å². The third kappa shape index (κ3) is 4.01. The second kappa shape index (κ2) is 7.46. The fourth-order valence-corrected chi connectivity index (χ4v) is 2.66. The van der Waals surface area contributed by atoms with Crippen LogP contribution >= 0.6 is 11.6 Å². The lowest BCUT2D eigenvalue weighted by Crippen LogP contribution is -2.32. The van der Waals surface area contributed by atoms with E-state index in [0.717, 1.165) is 29.7 Å². The maximum atomic E-state index is 12.3. The molecule has 0 fully saturated rings. The van der Waals surface area contributed by atoms with E-state index in [4.69, 9.17) is 16.1 Å². The summed E-state index contributed by atoms with van der Waals surface area (Å²) in [4.78, 5) is 16.4. The fraction of sp³-hybridized carbons (Fsp3) is 0.438. The summed E-state index contributed by atoms with van der Waals surface area (Å²) in [5.41, 5.74) is 2.75. The Labute approximate surface area is 140 Å². The Morgan fingerprint density at radius 2 is 2.09 bits per heavy atom. The maximum Gasteiger partial charge on any atom is 0.319 e. The SMILES string of the molecule is CCc1ccc(Cl)c(CC)c1NC(=O)NC(C)c1nc(C)no1. The van der Waals surface area contributed by atoms with E-state index >= 15 is 0 Å². The molecule has 0 saturated carbocycles. The molecule has 7 heteroatoms. The van der Waals surface area contributed by atoms with Gasteiger partial charge < -0.3 is 15.2 Å². The second-order valence-electron chi connectivity index (χ2n) is 5.27. The van der Waals surface area contributed by atoms with Gasteiger partial charge in [-0.1, -0.05) is 36.7 Å². The largest absolute Gasteiger partial charge is 0.337 e. The van der Waals surface area contributed by atoms with Crippen LogP contribution < -0.4 is 10.6 Å². The molecular weight excluding hydrogens is 316 g/mol. The molecule has 1 aromatic heterocycles. The number of halogens is 1. The van der Waals surface area contributed by atoms with Crippen LogP contribution in [-0.2, 0) is 12.8 Å². The molecular formula is C16H21ClN4O2. The fourth-order valence-electron chi connectivity index (χ4n) is 2.36. The summed E-state index contributed by atoms with van der Waals surface area (Å²) in [6.07, 6.45) is 1.54. The molecule has 1 aromatic carbocycles. The monoisotopic (exact) mass is 336 g/mol. The molecule has 2 N–H and O–H groups in total. The number of aromatic nitrogens is 2. The number of hydrogen-bond acceptors (Lipinski definition) is 4. The summed E-state index contributed by atoms with van der Waals surface area (Å²) < 4.78 is 5.06. The van der Waals surface area contributed by atoms with Crippen molar-refractivity contribution in [3.8, 4) is 0 Å². The van der Waals surface area contributed by atoms with E-state index < -0.39 is 0 Å². The highest BCUT2D eigenvalue weighted by atomic mass is 35.5. The predicted molar refractivity (Wildman–Crippen MR) is 89.8 cm³/mol. The van der Waals surface area contributed by atoms with Gasteiger partial charge in [0.15, 0.2) is 5.82 Å². The predicted octanol–water partition coefficient (Wildman–Crippen LogP) is 4.04. The zero-order chi connectivity index (χ0) is 17.0. The summed E-state index contributed by atoms with van der Waals surface area (Å²) in [6.45, 7) is 7.56. The first-order chi connectivity index (χ1) is 11.0. The molecule has 0 aliphatic heterocycles. The molecule has 6 nitrogen and oxygen atoms in total. The first-order valence-corrected chi connectivity index (χ1v) is 8.02. The van der Waals surface area contributed by atoms with Crippen LogP contribution in [0.2, 0.25) is 5.02 Å². The molecule has 124 valence electrons. The van der Waals surface area contributed by atoms with E-state index in [-0.39, 0.29) is 12.1 Å². The average Bonchev–Trinajstić information content (AvgIpc) is 2.94. The molecule has 1 unspecified atom stereocenters. The van der Waals surface area contributed by atoms with E-state index in [9.17, 15) is 4.79 Å². The molecule has 0 aliphatic carbocycles. The minimum atomic E-state index is -0.384. The van der Waals surface area contributed by atoms with Crippen molar-refractivity contribution in [3.63, 3.8) is 0 Å². The number of nitrogens with one attached hydrogen (secondary N) is 2. The van der Waals surface area contributed by atoms with Crippen LogP contribution in [0.15, 0.2) is 16.7 Å². The van der Waals surface area contributed by atoms with Crippen LogP contribution in [0.25, 0.3) is 0 Å². The normalized spacial score (nSPS) is 12.0. The van der Waals surface area contributed by atoms with Gasteiger partial charge in [-0.15, -0.1) is 0 Å². The third-order valence-corrected chi connectivity index (χ3v) is 3.93.